The lowest BCUT2D eigenvalue weighted by atomic mass is 10.0. The van der Waals surface area contributed by atoms with Crippen molar-refractivity contribution in [1.29, 1.82) is 0 Å². The van der Waals surface area contributed by atoms with Crippen molar-refractivity contribution < 1.29 is 8.42 Å². The van der Waals surface area contributed by atoms with Crippen LogP contribution in [0, 0.1) is 11.8 Å². The van der Waals surface area contributed by atoms with E-state index >= 15 is 0 Å². The van der Waals surface area contributed by atoms with E-state index < -0.39 is 10.0 Å². The van der Waals surface area contributed by atoms with Gasteiger partial charge in [0, 0.05) is 32.4 Å². The second kappa shape index (κ2) is 5.17. The SMILES string of the molecule is CN(c1ncnc2[nH]ccc12)[C@@H]1C[C@@H]2CN(S(C)(=O)=O)C[C@@H]2C1. The van der Waals surface area contributed by atoms with Crippen molar-refractivity contribution in [3.63, 3.8) is 0 Å². The third-order valence-electron chi connectivity index (χ3n) is 5.38. The van der Waals surface area contributed by atoms with Gasteiger partial charge in [0.2, 0.25) is 10.0 Å². The molecule has 0 spiro atoms. The van der Waals surface area contributed by atoms with Gasteiger partial charge in [-0.3, -0.25) is 0 Å². The van der Waals surface area contributed by atoms with Crippen molar-refractivity contribution in [1.82, 2.24) is 19.3 Å². The highest BCUT2D eigenvalue weighted by atomic mass is 32.2. The maximum absolute atomic E-state index is 11.7. The number of anilines is 1. The van der Waals surface area contributed by atoms with Gasteiger partial charge in [-0.05, 0) is 30.7 Å². The number of aromatic nitrogens is 3. The molecule has 2 aliphatic rings. The number of nitrogens with zero attached hydrogens (tertiary/aromatic N) is 4. The fraction of sp³-hybridized carbons (Fsp3) is 0.600. The molecule has 0 aromatic carbocycles. The van der Waals surface area contributed by atoms with Crippen LogP contribution in [0.3, 0.4) is 0 Å². The molecule has 23 heavy (non-hydrogen) atoms. The Hall–Kier alpha value is -1.67. The number of nitrogens with one attached hydrogen (secondary N) is 1. The molecule has 0 amide bonds. The van der Waals surface area contributed by atoms with Crippen LogP contribution in [0.1, 0.15) is 12.8 Å². The standard InChI is InChI=1S/C15H21N5O2S/c1-19(15-13-3-4-16-14(13)17-9-18-15)12-5-10-7-20(23(2,21)22)8-11(10)6-12/h3-4,9-12H,5-8H2,1-2H3,(H,16,17,18)/t10-,11+,12-. The van der Waals surface area contributed by atoms with E-state index in [0.717, 1.165) is 29.7 Å². The fourth-order valence-corrected chi connectivity index (χ4v) is 5.05. The molecule has 3 heterocycles. The average Bonchev–Trinajstić information content (AvgIpc) is 3.18. The van der Waals surface area contributed by atoms with Crippen molar-refractivity contribution in [3.05, 3.63) is 18.6 Å². The van der Waals surface area contributed by atoms with Crippen LogP contribution in [0.4, 0.5) is 5.82 Å². The first kappa shape index (κ1) is 14.9. The first-order valence-electron chi connectivity index (χ1n) is 7.89. The molecule has 0 bridgehead atoms. The molecule has 2 aromatic rings. The summed E-state index contributed by atoms with van der Waals surface area (Å²) in [5.74, 6) is 1.86. The summed E-state index contributed by atoms with van der Waals surface area (Å²) in [6, 6.07) is 2.40. The molecule has 124 valence electrons. The number of rotatable bonds is 3. The Labute approximate surface area is 135 Å². The molecule has 2 aromatic heterocycles. The van der Waals surface area contributed by atoms with Crippen molar-refractivity contribution in [2.24, 2.45) is 11.8 Å². The highest BCUT2D eigenvalue weighted by molar-refractivity contribution is 7.88. The van der Waals surface area contributed by atoms with E-state index in [-0.39, 0.29) is 0 Å². The number of fused-ring (bicyclic) bond motifs is 2. The van der Waals surface area contributed by atoms with Gasteiger partial charge in [-0.15, -0.1) is 0 Å². The molecule has 7 nitrogen and oxygen atoms in total. The number of aromatic amines is 1. The lowest BCUT2D eigenvalue weighted by Gasteiger charge is -2.27. The van der Waals surface area contributed by atoms with Crippen LogP contribution in [-0.4, -0.2) is 60.1 Å². The topological polar surface area (TPSA) is 82.2 Å². The Morgan fingerprint density at radius 1 is 1.26 bits per heavy atom. The highest BCUT2D eigenvalue weighted by Gasteiger charge is 2.44. The summed E-state index contributed by atoms with van der Waals surface area (Å²) in [5, 5.41) is 1.03. The molecular formula is C15H21N5O2S. The first-order valence-corrected chi connectivity index (χ1v) is 9.74. The molecule has 0 unspecified atom stereocenters. The van der Waals surface area contributed by atoms with E-state index in [1.54, 1.807) is 10.6 Å². The highest BCUT2D eigenvalue weighted by Crippen LogP contribution is 2.41. The zero-order valence-electron chi connectivity index (χ0n) is 13.3. The number of hydrogen-bond donors (Lipinski definition) is 1. The molecule has 0 radical (unpaired) electrons. The number of H-pyrrole nitrogens is 1. The van der Waals surface area contributed by atoms with Gasteiger partial charge >= 0.3 is 0 Å². The fourth-order valence-electron chi connectivity index (χ4n) is 4.12. The second-order valence-corrected chi connectivity index (χ2v) is 8.76. The molecule has 1 aliphatic carbocycles. The third-order valence-corrected chi connectivity index (χ3v) is 6.61. The van der Waals surface area contributed by atoms with Gasteiger partial charge < -0.3 is 9.88 Å². The molecule has 8 heteroatoms. The van der Waals surface area contributed by atoms with E-state index in [9.17, 15) is 8.42 Å². The lowest BCUT2D eigenvalue weighted by molar-refractivity contribution is 0.436. The minimum absolute atomic E-state index is 0.403. The van der Waals surface area contributed by atoms with Crippen LogP contribution in [0.25, 0.3) is 11.0 Å². The Bertz CT molecular complexity index is 819. The summed E-state index contributed by atoms with van der Waals surface area (Å²) in [6.45, 7) is 1.33. The van der Waals surface area contributed by atoms with E-state index in [1.807, 2.05) is 12.3 Å². The maximum Gasteiger partial charge on any atom is 0.211 e. The van der Waals surface area contributed by atoms with Crippen LogP contribution in [0.2, 0.25) is 0 Å². The summed E-state index contributed by atoms with van der Waals surface area (Å²) in [5.41, 5.74) is 0.850. The normalized spacial score (nSPS) is 28.3. The Kier molecular flexibility index (Phi) is 3.35. The van der Waals surface area contributed by atoms with Crippen molar-refractivity contribution in [2.75, 3.05) is 31.3 Å². The summed E-state index contributed by atoms with van der Waals surface area (Å²) >= 11 is 0. The quantitative estimate of drug-likeness (QED) is 0.907. The van der Waals surface area contributed by atoms with Gasteiger partial charge in [0.05, 0.1) is 11.6 Å². The minimum atomic E-state index is -3.06. The molecule has 2 fully saturated rings. The van der Waals surface area contributed by atoms with Gasteiger partial charge in [-0.2, -0.15) is 0 Å². The molecule has 1 aliphatic heterocycles. The van der Waals surface area contributed by atoms with Gasteiger partial charge in [-0.25, -0.2) is 22.7 Å². The molecule has 4 rings (SSSR count). The number of sulfonamides is 1. The van der Waals surface area contributed by atoms with E-state index in [1.165, 1.54) is 6.26 Å². The summed E-state index contributed by atoms with van der Waals surface area (Å²) < 4.78 is 25.1. The number of hydrogen-bond acceptors (Lipinski definition) is 5. The second-order valence-electron chi connectivity index (χ2n) is 6.77. The summed E-state index contributed by atoms with van der Waals surface area (Å²) in [6.07, 6.45) is 6.81. The molecular weight excluding hydrogens is 314 g/mol. The zero-order chi connectivity index (χ0) is 16.2. The van der Waals surface area contributed by atoms with E-state index in [2.05, 4.69) is 26.9 Å². The molecule has 1 saturated heterocycles. The predicted octanol–water partition coefficient (Wildman–Crippen LogP) is 1.06. The monoisotopic (exact) mass is 335 g/mol. The molecule has 3 atom stereocenters. The van der Waals surface area contributed by atoms with Crippen molar-refractivity contribution in [2.45, 2.75) is 18.9 Å². The molecule has 1 saturated carbocycles. The Balaban J connectivity index is 1.52. The maximum atomic E-state index is 11.7. The first-order chi connectivity index (χ1) is 10.9. The largest absolute Gasteiger partial charge is 0.356 e. The van der Waals surface area contributed by atoms with Crippen LogP contribution in [-0.2, 0) is 10.0 Å². The van der Waals surface area contributed by atoms with Crippen LogP contribution in [0.5, 0.6) is 0 Å². The summed E-state index contributed by atoms with van der Waals surface area (Å²) in [7, 11) is -0.983. The Morgan fingerprint density at radius 3 is 2.61 bits per heavy atom. The minimum Gasteiger partial charge on any atom is -0.356 e. The van der Waals surface area contributed by atoms with Crippen molar-refractivity contribution in [3.8, 4) is 0 Å². The van der Waals surface area contributed by atoms with Crippen LogP contribution < -0.4 is 4.90 Å². The third kappa shape index (κ3) is 2.49. The summed E-state index contributed by atoms with van der Waals surface area (Å²) in [4.78, 5) is 14.1. The lowest BCUT2D eigenvalue weighted by Crippen LogP contribution is -2.34. The molecule has 1 N–H and O–H groups in total. The Morgan fingerprint density at radius 2 is 1.96 bits per heavy atom. The van der Waals surface area contributed by atoms with Gasteiger partial charge in [0.25, 0.3) is 0 Å². The van der Waals surface area contributed by atoms with Crippen molar-refractivity contribution >= 4 is 26.9 Å². The van der Waals surface area contributed by atoms with E-state index in [0.29, 0.717) is 31.0 Å². The van der Waals surface area contributed by atoms with Gasteiger partial charge in [0.15, 0.2) is 0 Å². The average molecular weight is 335 g/mol. The van der Waals surface area contributed by atoms with Gasteiger partial charge in [-0.1, -0.05) is 0 Å². The van der Waals surface area contributed by atoms with Crippen LogP contribution >= 0.6 is 0 Å². The smallest absolute Gasteiger partial charge is 0.211 e. The predicted molar refractivity (Wildman–Crippen MR) is 88.7 cm³/mol. The van der Waals surface area contributed by atoms with E-state index in [4.69, 9.17) is 0 Å². The zero-order valence-corrected chi connectivity index (χ0v) is 14.1. The van der Waals surface area contributed by atoms with Crippen LogP contribution in [0.15, 0.2) is 18.6 Å². The van der Waals surface area contributed by atoms with Gasteiger partial charge in [0.1, 0.15) is 17.8 Å².